The molecule has 4 rings (SSSR count). The summed E-state index contributed by atoms with van der Waals surface area (Å²) < 4.78 is 6.64. The Labute approximate surface area is 137 Å². The lowest BCUT2D eigenvalue weighted by Crippen LogP contribution is -2.21. The second-order valence-corrected chi connectivity index (χ2v) is 5.54. The lowest BCUT2D eigenvalue weighted by molar-refractivity contribution is 0.0526. The topological polar surface area (TPSA) is 64.8 Å². The molecule has 118 valence electrons. The van der Waals surface area contributed by atoms with Gasteiger partial charge in [-0.3, -0.25) is 9.59 Å². The van der Waals surface area contributed by atoms with Crippen LogP contribution in [0.3, 0.4) is 0 Å². The molecule has 0 atom stereocenters. The van der Waals surface area contributed by atoms with Gasteiger partial charge in [0, 0.05) is 22.8 Å². The van der Waals surface area contributed by atoms with Gasteiger partial charge in [-0.05, 0) is 25.1 Å². The van der Waals surface area contributed by atoms with Crippen molar-refractivity contribution in [1.29, 1.82) is 0 Å². The summed E-state index contributed by atoms with van der Waals surface area (Å²) in [5, 5.41) is 0. The maximum Gasteiger partial charge on any atom is 0.338 e. The lowest BCUT2D eigenvalue weighted by atomic mass is 9.88. The summed E-state index contributed by atoms with van der Waals surface area (Å²) in [6, 6.07) is 11.7. The molecule has 2 heterocycles. The quantitative estimate of drug-likeness (QED) is 0.533. The highest BCUT2D eigenvalue weighted by Gasteiger charge is 2.32. The van der Waals surface area contributed by atoms with E-state index in [1.54, 1.807) is 60.0 Å². The van der Waals surface area contributed by atoms with Crippen LogP contribution in [0, 0.1) is 0 Å². The molecule has 24 heavy (non-hydrogen) atoms. The molecule has 0 amide bonds. The Bertz CT molecular complexity index is 1030. The number of carbonyl (C=O) groups is 3. The zero-order valence-electron chi connectivity index (χ0n) is 12.9. The minimum atomic E-state index is -0.430. The Balaban J connectivity index is 1.92. The minimum absolute atomic E-state index is 0.179. The van der Waals surface area contributed by atoms with Crippen molar-refractivity contribution in [3.05, 3.63) is 76.6 Å². The second-order valence-electron chi connectivity index (χ2n) is 5.54. The van der Waals surface area contributed by atoms with E-state index in [4.69, 9.17) is 4.74 Å². The predicted molar refractivity (Wildman–Crippen MR) is 86.7 cm³/mol. The number of hydrogen-bond donors (Lipinski definition) is 0. The van der Waals surface area contributed by atoms with Gasteiger partial charge in [-0.1, -0.05) is 24.3 Å². The number of nitrogens with zero attached hydrogens (tertiary/aromatic N) is 1. The fraction of sp³-hybridized carbons (Fsp3) is 0.105. The van der Waals surface area contributed by atoms with E-state index in [9.17, 15) is 14.4 Å². The van der Waals surface area contributed by atoms with Gasteiger partial charge in [-0.25, -0.2) is 4.79 Å². The van der Waals surface area contributed by atoms with Crippen LogP contribution in [-0.4, -0.2) is 28.5 Å². The predicted octanol–water partition coefficient (Wildman–Crippen LogP) is 2.89. The molecule has 2 aromatic heterocycles. The first-order chi connectivity index (χ1) is 11.6. The number of esters is 1. The molecule has 0 saturated carbocycles. The van der Waals surface area contributed by atoms with Crippen LogP contribution in [0.1, 0.15) is 49.3 Å². The highest BCUT2D eigenvalue weighted by molar-refractivity contribution is 6.28. The van der Waals surface area contributed by atoms with Crippen LogP contribution in [-0.2, 0) is 4.74 Å². The van der Waals surface area contributed by atoms with Gasteiger partial charge in [-0.2, -0.15) is 0 Å². The average Bonchev–Trinajstić information content (AvgIpc) is 2.99. The molecule has 0 bridgehead atoms. The number of rotatable bonds is 2. The van der Waals surface area contributed by atoms with E-state index in [1.807, 2.05) is 0 Å². The van der Waals surface area contributed by atoms with Gasteiger partial charge in [0.2, 0.25) is 5.78 Å². The fourth-order valence-electron chi connectivity index (χ4n) is 3.08. The zero-order valence-corrected chi connectivity index (χ0v) is 12.9. The SMILES string of the molecule is CCOC(=O)c1ccn2c3c(cc2c1)C(=O)c1ccccc1C3=O. The summed E-state index contributed by atoms with van der Waals surface area (Å²) in [4.78, 5) is 37.3. The zero-order chi connectivity index (χ0) is 16.8. The van der Waals surface area contributed by atoms with Gasteiger partial charge in [-0.15, -0.1) is 0 Å². The fourth-order valence-corrected chi connectivity index (χ4v) is 3.08. The number of pyridine rings is 1. The molecule has 0 aliphatic heterocycles. The smallest absolute Gasteiger partial charge is 0.338 e. The van der Waals surface area contributed by atoms with Gasteiger partial charge < -0.3 is 9.14 Å². The number of ether oxygens (including phenoxy) is 1. The molecule has 1 aliphatic rings. The molecule has 0 unspecified atom stereocenters. The number of aromatic nitrogens is 1. The average molecular weight is 319 g/mol. The summed E-state index contributed by atoms with van der Waals surface area (Å²) in [7, 11) is 0. The van der Waals surface area contributed by atoms with E-state index >= 15 is 0 Å². The maximum absolute atomic E-state index is 12.8. The molecule has 0 spiro atoms. The van der Waals surface area contributed by atoms with Crippen molar-refractivity contribution in [2.75, 3.05) is 6.61 Å². The molecule has 0 radical (unpaired) electrons. The summed E-state index contributed by atoms with van der Waals surface area (Å²) in [5.74, 6) is -0.800. The minimum Gasteiger partial charge on any atom is -0.462 e. The van der Waals surface area contributed by atoms with Crippen molar-refractivity contribution in [3.8, 4) is 0 Å². The molecule has 0 N–H and O–H groups in total. The molecule has 3 aromatic rings. The first-order valence-electron chi connectivity index (χ1n) is 7.62. The van der Waals surface area contributed by atoms with Crippen LogP contribution in [0.15, 0.2) is 48.7 Å². The summed E-state index contributed by atoms with van der Waals surface area (Å²) >= 11 is 0. The standard InChI is InChI=1S/C19H13NO4/c1-2-24-19(23)11-7-8-20-12(9-11)10-15-16(20)18(22)14-6-4-3-5-13(14)17(15)21/h3-10H,2H2,1H3. The number of ketones is 2. The summed E-state index contributed by atoms with van der Waals surface area (Å²) in [5.41, 5.74) is 2.52. The summed E-state index contributed by atoms with van der Waals surface area (Å²) in [6.07, 6.45) is 1.62. The number of carbonyl (C=O) groups excluding carboxylic acids is 3. The Hall–Kier alpha value is -3.21. The van der Waals surface area contributed by atoms with Crippen molar-refractivity contribution in [1.82, 2.24) is 4.40 Å². The Kier molecular flexibility index (Phi) is 3.09. The van der Waals surface area contributed by atoms with Crippen molar-refractivity contribution >= 4 is 23.1 Å². The third kappa shape index (κ3) is 1.91. The van der Waals surface area contributed by atoms with E-state index in [-0.39, 0.29) is 18.2 Å². The number of benzene rings is 1. The third-order valence-electron chi connectivity index (χ3n) is 4.16. The Morgan fingerprint density at radius 1 is 1.00 bits per heavy atom. The first kappa shape index (κ1) is 14.4. The monoisotopic (exact) mass is 319 g/mol. The first-order valence-corrected chi connectivity index (χ1v) is 7.62. The van der Waals surface area contributed by atoms with Gasteiger partial charge in [0.1, 0.15) is 5.69 Å². The molecule has 0 saturated heterocycles. The van der Waals surface area contributed by atoms with E-state index in [0.29, 0.717) is 33.5 Å². The lowest BCUT2D eigenvalue weighted by Gasteiger charge is -2.14. The van der Waals surface area contributed by atoms with Gasteiger partial charge in [0.15, 0.2) is 5.78 Å². The molecular formula is C19H13NO4. The molecule has 5 heteroatoms. The molecule has 5 nitrogen and oxygen atoms in total. The normalized spacial score (nSPS) is 12.9. The van der Waals surface area contributed by atoms with Gasteiger partial charge in [0.25, 0.3) is 0 Å². The molecule has 1 aromatic carbocycles. The van der Waals surface area contributed by atoms with E-state index in [2.05, 4.69) is 0 Å². The largest absolute Gasteiger partial charge is 0.462 e. The second kappa shape index (κ2) is 5.16. The maximum atomic E-state index is 12.8. The molecule has 1 aliphatic carbocycles. The highest BCUT2D eigenvalue weighted by atomic mass is 16.5. The van der Waals surface area contributed by atoms with Crippen LogP contribution in [0.4, 0.5) is 0 Å². The van der Waals surface area contributed by atoms with E-state index in [1.165, 1.54) is 0 Å². The Morgan fingerprint density at radius 2 is 1.71 bits per heavy atom. The van der Waals surface area contributed by atoms with Crippen molar-refractivity contribution in [2.24, 2.45) is 0 Å². The highest BCUT2D eigenvalue weighted by Crippen LogP contribution is 2.30. The van der Waals surface area contributed by atoms with Crippen LogP contribution in [0.5, 0.6) is 0 Å². The Morgan fingerprint density at radius 3 is 2.42 bits per heavy atom. The molecular weight excluding hydrogens is 306 g/mol. The van der Waals surface area contributed by atoms with Crippen molar-refractivity contribution < 1.29 is 19.1 Å². The summed E-state index contributed by atoms with van der Waals surface area (Å²) in [6.45, 7) is 2.02. The van der Waals surface area contributed by atoms with Gasteiger partial charge >= 0.3 is 5.97 Å². The van der Waals surface area contributed by atoms with Crippen LogP contribution in [0.25, 0.3) is 5.52 Å². The number of hydrogen-bond acceptors (Lipinski definition) is 4. The van der Waals surface area contributed by atoms with E-state index in [0.717, 1.165) is 0 Å². The van der Waals surface area contributed by atoms with E-state index < -0.39 is 5.97 Å². The van der Waals surface area contributed by atoms with Crippen LogP contribution < -0.4 is 0 Å². The third-order valence-corrected chi connectivity index (χ3v) is 4.16. The van der Waals surface area contributed by atoms with Crippen molar-refractivity contribution in [2.45, 2.75) is 6.92 Å². The number of fused-ring (bicyclic) bond motifs is 4. The van der Waals surface area contributed by atoms with Crippen LogP contribution in [0.2, 0.25) is 0 Å². The molecule has 0 fully saturated rings. The van der Waals surface area contributed by atoms with Crippen molar-refractivity contribution in [3.63, 3.8) is 0 Å². The van der Waals surface area contributed by atoms with Crippen LogP contribution >= 0.6 is 0 Å². The van der Waals surface area contributed by atoms with Gasteiger partial charge in [0.05, 0.1) is 17.7 Å².